The van der Waals surface area contributed by atoms with Crippen LogP contribution < -0.4 is 10.6 Å². The van der Waals surface area contributed by atoms with Gasteiger partial charge < -0.3 is 4.57 Å². The lowest BCUT2D eigenvalue weighted by molar-refractivity contribution is 0.585. The van der Waals surface area contributed by atoms with Crippen molar-refractivity contribution >= 4 is 17.8 Å². The van der Waals surface area contributed by atoms with Gasteiger partial charge in [-0.05, 0) is 20.3 Å². The molecule has 1 nitrogen and oxygen atoms in total. The summed E-state index contributed by atoms with van der Waals surface area (Å²) < 4.78 is 13.6. The van der Waals surface area contributed by atoms with E-state index in [9.17, 15) is 4.57 Å². The van der Waals surface area contributed by atoms with Gasteiger partial charge in [0.15, 0.2) is 0 Å². The molecular formula is C18H23OP. The van der Waals surface area contributed by atoms with Crippen molar-refractivity contribution in [3.63, 3.8) is 0 Å². The zero-order valence-corrected chi connectivity index (χ0v) is 13.5. The maximum Gasteiger partial charge on any atom is 0.143 e. The average molecular weight is 286 g/mol. The molecule has 2 rings (SSSR count). The summed E-state index contributed by atoms with van der Waals surface area (Å²) in [5.41, 5.74) is 2.42. The Morgan fingerprint density at radius 1 is 0.800 bits per heavy atom. The van der Waals surface area contributed by atoms with Crippen molar-refractivity contribution in [1.29, 1.82) is 0 Å². The highest BCUT2D eigenvalue weighted by Gasteiger charge is 2.26. The fourth-order valence-electron chi connectivity index (χ4n) is 2.36. The minimum atomic E-state index is -2.48. The molecule has 0 unspecified atom stereocenters. The van der Waals surface area contributed by atoms with E-state index in [0.29, 0.717) is 0 Å². The highest BCUT2D eigenvalue weighted by molar-refractivity contribution is 7.78. The third-order valence-electron chi connectivity index (χ3n) is 3.73. The van der Waals surface area contributed by atoms with Crippen molar-refractivity contribution in [2.45, 2.75) is 33.6 Å². The minimum absolute atomic E-state index is 0.760. The Kier molecular flexibility index (Phi) is 4.83. The standard InChI is InChI=1S/C18H23OP/c1-4-5-14-20(19,17-10-6-15(2)7-11-17)18-12-8-16(3)9-13-18/h6-13H,4-5,14H2,1-3H3. The smallest absolute Gasteiger partial charge is 0.143 e. The molecule has 0 spiro atoms. The predicted octanol–water partition coefficient (Wildman–Crippen LogP) is 4.42. The summed E-state index contributed by atoms with van der Waals surface area (Å²) in [6.45, 7) is 6.27. The molecule has 2 aromatic rings. The lowest BCUT2D eigenvalue weighted by atomic mass is 10.2. The highest BCUT2D eigenvalue weighted by atomic mass is 31.2. The quantitative estimate of drug-likeness (QED) is 0.744. The molecule has 2 aromatic carbocycles. The summed E-state index contributed by atoms with van der Waals surface area (Å²) in [6.07, 6.45) is 2.83. The van der Waals surface area contributed by atoms with Gasteiger partial charge in [0.2, 0.25) is 0 Å². The van der Waals surface area contributed by atoms with Crippen LogP contribution >= 0.6 is 7.14 Å². The second-order valence-corrected chi connectivity index (χ2v) is 8.45. The molecule has 0 radical (unpaired) electrons. The zero-order valence-electron chi connectivity index (χ0n) is 12.6. The maximum atomic E-state index is 13.6. The van der Waals surface area contributed by atoms with Gasteiger partial charge in [-0.1, -0.05) is 73.0 Å². The van der Waals surface area contributed by atoms with E-state index >= 15 is 0 Å². The summed E-state index contributed by atoms with van der Waals surface area (Å²) in [4.78, 5) is 0. The van der Waals surface area contributed by atoms with Gasteiger partial charge >= 0.3 is 0 Å². The molecule has 0 fully saturated rings. The Morgan fingerprint density at radius 3 is 1.55 bits per heavy atom. The molecule has 0 aliphatic rings. The first-order chi connectivity index (χ1) is 9.56. The Hall–Kier alpha value is -1.33. The van der Waals surface area contributed by atoms with Gasteiger partial charge in [-0.25, -0.2) is 0 Å². The van der Waals surface area contributed by atoms with Gasteiger partial charge in [0.1, 0.15) is 7.14 Å². The molecule has 20 heavy (non-hydrogen) atoms. The van der Waals surface area contributed by atoms with Crippen molar-refractivity contribution in [2.75, 3.05) is 6.16 Å². The van der Waals surface area contributed by atoms with Gasteiger partial charge in [0.25, 0.3) is 0 Å². The van der Waals surface area contributed by atoms with E-state index < -0.39 is 7.14 Å². The molecule has 0 aliphatic heterocycles. The fourth-order valence-corrected chi connectivity index (χ4v) is 5.20. The van der Waals surface area contributed by atoms with Gasteiger partial charge in [-0.2, -0.15) is 0 Å². The van der Waals surface area contributed by atoms with Crippen LogP contribution in [0.1, 0.15) is 30.9 Å². The lowest BCUT2D eigenvalue weighted by Crippen LogP contribution is -2.18. The molecule has 0 bridgehead atoms. The van der Waals surface area contributed by atoms with Crippen molar-refractivity contribution in [3.05, 3.63) is 59.7 Å². The van der Waals surface area contributed by atoms with Gasteiger partial charge in [0, 0.05) is 16.8 Å². The first kappa shape index (κ1) is 15.1. The van der Waals surface area contributed by atoms with E-state index in [1.54, 1.807) is 0 Å². The van der Waals surface area contributed by atoms with Gasteiger partial charge in [-0.3, -0.25) is 0 Å². The molecular weight excluding hydrogens is 263 g/mol. The summed E-state index contributed by atoms with van der Waals surface area (Å²) >= 11 is 0. The molecule has 0 aromatic heterocycles. The monoisotopic (exact) mass is 286 g/mol. The Morgan fingerprint density at radius 2 is 1.20 bits per heavy atom. The van der Waals surface area contributed by atoms with Crippen LogP contribution in [0, 0.1) is 13.8 Å². The van der Waals surface area contributed by atoms with Crippen LogP contribution in [0.5, 0.6) is 0 Å². The Bertz CT molecular complexity index is 547. The third-order valence-corrected chi connectivity index (χ3v) is 6.94. The van der Waals surface area contributed by atoms with E-state index in [4.69, 9.17) is 0 Å². The van der Waals surface area contributed by atoms with Crippen LogP contribution in [0.2, 0.25) is 0 Å². The van der Waals surface area contributed by atoms with Crippen LogP contribution in [0.15, 0.2) is 48.5 Å². The van der Waals surface area contributed by atoms with Crippen LogP contribution in [0.25, 0.3) is 0 Å². The number of aryl methyl sites for hydroxylation is 2. The van der Waals surface area contributed by atoms with Gasteiger partial charge in [-0.15, -0.1) is 0 Å². The molecule has 0 heterocycles. The van der Waals surface area contributed by atoms with Crippen molar-refractivity contribution in [2.24, 2.45) is 0 Å². The van der Waals surface area contributed by atoms with E-state index in [1.807, 2.05) is 24.3 Å². The highest BCUT2D eigenvalue weighted by Crippen LogP contribution is 2.44. The van der Waals surface area contributed by atoms with Crippen LogP contribution in [0.3, 0.4) is 0 Å². The zero-order chi connectivity index (χ0) is 14.6. The Balaban J connectivity index is 2.47. The van der Waals surface area contributed by atoms with Crippen LogP contribution in [0.4, 0.5) is 0 Å². The average Bonchev–Trinajstić information content (AvgIpc) is 2.46. The minimum Gasteiger partial charge on any atom is -0.314 e. The van der Waals surface area contributed by atoms with Gasteiger partial charge in [0.05, 0.1) is 0 Å². The maximum absolute atomic E-state index is 13.6. The number of benzene rings is 2. The second kappa shape index (κ2) is 6.41. The van der Waals surface area contributed by atoms with Crippen LogP contribution in [-0.2, 0) is 4.57 Å². The molecule has 0 aliphatic carbocycles. The van der Waals surface area contributed by atoms with Crippen molar-refractivity contribution in [1.82, 2.24) is 0 Å². The molecule has 0 amide bonds. The largest absolute Gasteiger partial charge is 0.314 e. The van der Waals surface area contributed by atoms with Crippen LogP contribution in [-0.4, -0.2) is 6.16 Å². The molecule has 0 N–H and O–H groups in total. The molecule has 2 heteroatoms. The predicted molar refractivity (Wildman–Crippen MR) is 89.0 cm³/mol. The summed E-state index contributed by atoms with van der Waals surface area (Å²) in [7, 11) is -2.48. The number of unbranched alkanes of at least 4 members (excludes halogenated alkanes) is 1. The SMILES string of the molecule is CCCCP(=O)(c1ccc(C)cc1)c1ccc(C)cc1. The first-order valence-corrected chi connectivity index (χ1v) is 9.19. The molecule has 0 saturated heterocycles. The number of hydrogen-bond acceptors (Lipinski definition) is 1. The van der Waals surface area contributed by atoms with E-state index in [0.717, 1.165) is 29.6 Å². The summed E-state index contributed by atoms with van der Waals surface area (Å²) in [5.74, 6) is 0. The van der Waals surface area contributed by atoms with E-state index in [-0.39, 0.29) is 0 Å². The van der Waals surface area contributed by atoms with Crippen molar-refractivity contribution in [3.8, 4) is 0 Å². The number of rotatable bonds is 5. The van der Waals surface area contributed by atoms with Crippen molar-refractivity contribution < 1.29 is 4.57 Å². The normalized spacial score (nSPS) is 11.6. The van der Waals surface area contributed by atoms with E-state index in [2.05, 4.69) is 45.0 Å². The third kappa shape index (κ3) is 3.22. The second-order valence-electron chi connectivity index (χ2n) is 5.49. The molecule has 0 atom stereocenters. The molecule has 0 saturated carbocycles. The van der Waals surface area contributed by atoms with E-state index in [1.165, 1.54) is 11.1 Å². The summed E-state index contributed by atoms with van der Waals surface area (Å²) in [6, 6.07) is 16.4. The lowest BCUT2D eigenvalue weighted by Gasteiger charge is -2.19. The number of hydrogen-bond donors (Lipinski definition) is 0. The topological polar surface area (TPSA) is 17.1 Å². The molecule has 106 valence electrons. The Labute approximate surface area is 122 Å². The first-order valence-electron chi connectivity index (χ1n) is 7.30. The summed E-state index contributed by atoms with van der Waals surface area (Å²) in [5, 5.41) is 1.97. The fraction of sp³-hybridized carbons (Fsp3) is 0.333.